The Morgan fingerprint density at radius 3 is 2.21 bits per heavy atom. The summed E-state index contributed by atoms with van der Waals surface area (Å²) in [6, 6.07) is 14.3. The number of carbonyl (C=O) groups is 3. The van der Waals surface area contributed by atoms with Crippen LogP contribution in [0.5, 0.6) is 0 Å². The average Bonchev–Trinajstić information content (AvgIpc) is 2.94. The summed E-state index contributed by atoms with van der Waals surface area (Å²) in [5, 5.41) is 3.59. The standard InChI is InChI=1S/C22H24ClN3O3/c1-25(2)19(17-10-5-6-11-18(17)23)14-24-20(27)12-7-13-26-21(28)15-8-3-4-9-16(15)22(26)29/h3-6,8-11,19H,7,12-14H2,1-2H3,(H,24,27). The maximum Gasteiger partial charge on any atom is 0.261 e. The number of hydrogen-bond donors (Lipinski definition) is 1. The number of carbonyl (C=O) groups excluding carboxylic acids is 3. The maximum atomic E-state index is 12.3. The molecule has 0 aromatic heterocycles. The lowest BCUT2D eigenvalue weighted by molar-refractivity contribution is -0.121. The van der Waals surface area contributed by atoms with Crippen LogP contribution in [-0.4, -0.2) is 54.7 Å². The van der Waals surface area contributed by atoms with Crippen LogP contribution in [0.15, 0.2) is 48.5 Å². The Labute approximate surface area is 175 Å². The minimum Gasteiger partial charge on any atom is -0.354 e. The van der Waals surface area contributed by atoms with Gasteiger partial charge in [0, 0.05) is 24.5 Å². The zero-order valence-electron chi connectivity index (χ0n) is 16.5. The van der Waals surface area contributed by atoms with E-state index in [0.717, 1.165) is 5.56 Å². The molecule has 1 N–H and O–H groups in total. The van der Waals surface area contributed by atoms with E-state index in [0.29, 0.717) is 29.1 Å². The number of nitrogens with zero attached hydrogens (tertiary/aromatic N) is 2. The lowest BCUT2D eigenvalue weighted by Crippen LogP contribution is -2.35. The van der Waals surface area contributed by atoms with Crippen molar-refractivity contribution in [2.75, 3.05) is 27.2 Å². The molecule has 29 heavy (non-hydrogen) atoms. The van der Waals surface area contributed by atoms with Crippen LogP contribution in [0.2, 0.25) is 5.02 Å². The topological polar surface area (TPSA) is 69.7 Å². The second-order valence-electron chi connectivity index (χ2n) is 7.22. The smallest absolute Gasteiger partial charge is 0.261 e. The highest BCUT2D eigenvalue weighted by molar-refractivity contribution is 6.31. The molecule has 0 bridgehead atoms. The van der Waals surface area contributed by atoms with Crippen LogP contribution >= 0.6 is 11.6 Å². The van der Waals surface area contributed by atoms with Crippen molar-refractivity contribution in [3.8, 4) is 0 Å². The van der Waals surface area contributed by atoms with Crippen molar-refractivity contribution < 1.29 is 14.4 Å². The molecule has 1 heterocycles. The predicted molar refractivity (Wildman–Crippen MR) is 112 cm³/mol. The Morgan fingerprint density at radius 2 is 1.62 bits per heavy atom. The van der Waals surface area contributed by atoms with Gasteiger partial charge in [-0.3, -0.25) is 19.3 Å². The number of fused-ring (bicyclic) bond motifs is 1. The molecule has 152 valence electrons. The van der Waals surface area contributed by atoms with Crippen LogP contribution in [0.3, 0.4) is 0 Å². The van der Waals surface area contributed by atoms with Crippen LogP contribution in [0.4, 0.5) is 0 Å². The summed E-state index contributed by atoms with van der Waals surface area (Å²) in [6.07, 6.45) is 0.645. The van der Waals surface area contributed by atoms with E-state index in [9.17, 15) is 14.4 Å². The fourth-order valence-electron chi connectivity index (χ4n) is 3.45. The summed E-state index contributed by atoms with van der Waals surface area (Å²) < 4.78 is 0. The molecule has 3 amide bonds. The van der Waals surface area contributed by atoms with E-state index in [1.54, 1.807) is 24.3 Å². The maximum absolute atomic E-state index is 12.3. The first-order valence-corrected chi connectivity index (χ1v) is 9.90. The van der Waals surface area contributed by atoms with Crippen molar-refractivity contribution in [1.82, 2.24) is 15.1 Å². The van der Waals surface area contributed by atoms with Gasteiger partial charge in [0.05, 0.1) is 17.2 Å². The second-order valence-corrected chi connectivity index (χ2v) is 7.62. The van der Waals surface area contributed by atoms with Gasteiger partial charge in [0.1, 0.15) is 0 Å². The lowest BCUT2D eigenvalue weighted by Gasteiger charge is -2.26. The van der Waals surface area contributed by atoms with E-state index in [1.165, 1.54) is 4.90 Å². The molecule has 3 rings (SSSR count). The van der Waals surface area contributed by atoms with E-state index in [4.69, 9.17) is 11.6 Å². The molecule has 0 fully saturated rings. The SMILES string of the molecule is CN(C)C(CNC(=O)CCCN1C(=O)c2ccccc2C1=O)c1ccccc1Cl. The molecular weight excluding hydrogens is 390 g/mol. The Morgan fingerprint density at radius 1 is 1.03 bits per heavy atom. The first-order chi connectivity index (χ1) is 13.9. The first-order valence-electron chi connectivity index (χ1n) is 9.53. The van der Waals surface area contributed by atoms with Gasteiger partial charge in [-0.15, -0.1) is 0 Å². The molecule has 6 nitrogen and oxygen atoms in total. The number of likely N-dealkylation sites (N-methyl/N-ethyl adjacent to an activating group) is 1. The summed E-state index contributed by atoms with van der Waals surface area (Å²) in [6.45, 7) is 0.643. The zero-order valence-corrected chi connectivity index (χ0v) is 17.3. The number of imide groups is 1. The van der Waals surface area contributed by atoms with Gasteiger partial charge in [-0.05, 0) is 44.3 Å². The van der Waals surface area contributed by atoms with Crippen molar-refractivity contribution >= 4 is 29.3 Å². The molecule has 1 atom stereocenters. The fourth-order valence-corrected chi connectivity index (χ4v) is 3.72. The van der Waals surface area contributed by atoms with Crippen molar-refractivity contribution in [2.45, 2.75) is 18.9 Å². The summed E-state index contributed by atoms with van der Waals surface area (Å²) in [5.41, 5.74) is 1.80. The molecule has 0 radical (unpaired) electrons. The van der Waals surface area contributed by atoms with E-state index in [1.807, 2.05) is 43.3 Å². The molecular formula is C22H24ClN3O3. The van der Waals surface area contributed by atoms with Gasteiger partial charge in [0.25, 0.3) is 11.8 Å². The van der Waals surface area contributed by atoms with Crippen LogP contribution < -0.4 is 5.32 Å². The molecule has 0 aliphatic carbocycles. The number of amides is 3. The zero-order chi connectivity index (χ0) is 21.0. The Hall–Kier alpha value is -2.70. The normalized spacial score (nSPS) is 14.3. The number of rotatable bonds is 8. The van der Waals surface area contributed by atoms with Crippen molar-refractivity contribution in [2.24, 2.45) is 0 Å². The number of benzene rings is 2. The van der Waals surface area contributed by atoms with E-state index >= 15 is 0 Å². The first kappa shape index (κ1) is 21.0. The van der Waals surface area contributed by atoms with Crippen LogP contribution in [0, 0.1) is 0 Å². The second kappa shape index (κ2) is 9.20. The van der Waals surface area contributed by atoms with Crippen LogP contribution in [-0.2, 0) is 4.79 Å². The average molecular weight is 414 g/mol. The Bertz CT molecular complexity index is 894. The molecule has 0 spiro atoms. The van der Waals surface area contributed by atoms with Gasteiger partial charge in [-0.25, -0.2) is 0 Å². The number of halogens is 1. The third kappa shape index (κ3) is 4.66. The quantitative estimate of drug-likeness (QED) is 0.675. The Kier molecular flexibility index (Phi) is 6.67. The van der Waals surface area contributed by atoms with E-state index in [2.05, 4.69) is 5.32 Å². The van der Waals surface area contributed by atoms with Crippen molar-refractivity contribution in [1.29, 1.82) is 0 Å². The largest absolute Gasteiger partial charge is 0.354 e. The predicted octanol–water partition coefficient (Wildman–Crippen LogP) is 3.14. The summed E-state index contributed by atoms with van der Waals surface area (Å²) in [7, 11) is 3.87. The number of nitrogens with one attached hydrogen (secondary N) is 1. The van der Waals surface area contributed by atoms with Gasteiger partial charge in [0.15, 0.2) is 0 Å². The van der Waals surface area contributed by atoms with Crippen molar-refractivity contribution in [3.63, 3.8) is 0 Å². The molecule has 7 heteroatoms. The van der Waals surface area contributed by atoms with Gasteiger partial charge >= 0.3 is 0 Å². The lowest BCUT2D eigenvalue weighted by atomic mass is 10.1. The minimum atomic E-state index is -0.294. The molecule has 1 aliphatic rings. The monoisotopic (exact) mass is 413 g/mol. The van der Waals surface area contributed by atoms with Gasteiger partial charge in [-0.2, -0.15) is 0 Å². The van der Waals surface area contributed by atoms with Crippen molar-refractivity contribution in [3.05, 3.63) is 70.2 Å². The minimum absolute atomic E-state index is 0.0520. The highest BCUT2D eigenvalue weighted by Gasteiger charge is 2.34. The van der Waals surface area contributed by atoms with E-state index < -0.39 is 0 Å². The highest BCUT2D eigenvalue weighted by atomic mass is 35.5. The third-order valence-corrected chi connectivity index (χ3v) is 5.39. The molecule has 2 aromatic carbocycles. The highest BCUT2D eigenvalue weighted by Crippen LogP contribution is 2.25. The molecule has 0 saturated heterocycles. The van der Waals surface area contributed by atoms with Crippen LogP contribution in [0.25, 0.3) is 0 Å². The molecule has 0 saturated carbocycles. The Balaban J connectivity index is 1.50. The van der Waals surface area contributed by atoms with E-state index in [-0.39, 0.29) is 36.7 Å². The molecule has 1 aliphatic heterocycles. The summed E-state index contributed by atoms with van der Waals surface area (Å²) in [4.78, 5) is 40.2. The van der Waals surface area contributed by atoms with Gasteiger partial charge in [0.2, 0.25) is 5.91 Å². The number of hydrogen-bond acceptors (Lipinski definition) is 4. The molecule has 1 unspecified atom stereocenters. The fraction of sp³-hybridized carbons (Fsp3) is 0.318. The van der Waals surface area contributed by atoms with Gasteiger partial charge in [-0.1, -0.05) is 41.9 Å². The van der Waals surface area contributed by atoms with Crippen LogP contribution in [0.1, 0.15) is 45.2 Å². The van der Waals surface area contributed by atoms with Gasteiger partial charge < -0.3 is 10.2 Å². The third-order valence-electron chi connectivity index (χ3n) is 5.04. The summed E-state index contributed by atoms with van der Waals surface area (Å²) in [5.74, 6) is -0.713. The summed E-state index contributed by atoms with van der Waals surface area (Å²) >= 11 is 6.29. The molecule has 2 aromatic rings.